The van der Waals surface area contributed by atoms with Crippen LogP contribution in [0.5, 0.6) is 0 Å². The molecule has 1 aromatic rings. The molecule has 0 radical (unpaired) electrons. The van der Waals surface area contributed by atoms with Gasteiger partial charge in [-0.05, 0) is 42.4 Å². The molecule has 1 aromatic carbocycles. The van der Waals surface area contributed by atoms with Gasteiger partial charge in [0.2, 0.25) is 0 Å². The summed E-state index contributed by atoms with van der Waals surface area (Å²) in [5.74, 6) is 0.809. The van der Waals surface area contributed by atoms with E-state index in [1.807, 2.05) is 0 Å². The van der Waals surface area contributed by atoms with E-state index >= 15 is 0 Å². The fourth-order valence-electron chi connectivity index (χ4n) is 2.07. The molecule has 0 atom stereocenters. The van der Waals surface area contributed by atoms with Crippen LogP contribution in [0.4, 0.5) is 0 Å². The summed E-state index contributed by atoms with van der Waals surface area (Å²) in [5, 5.41) is 0. The molecule has 0 spiro atoms. The van der Waals surface area contributed by atoms with Crippen molar-refractivity contribution in [2.75, 3.05) is 5.88 Å². The average molecular weight is 274 g/mol. The predicted molar refractivity (Wildman–Crippen MR) is 64.9 cm³/mol. The number of benzene rings is 1. The lowest BCUT2D eigenvalue weighted by molar-refractivity contribution is 0.166. The fourth-order valence-corrected chi connectivity index (χ4v) is 2.70. The lowest BCUT2D eigenvalue weighted by Gasteiger charge is -2.40. The summed E-state index contributed by atoms with van der Waals surface area (Å²) in [4.78, 5) is 0. The maximum atomic E-state index is 6.03. The maximum absolute atomic E-state index is 6.03. The molecule has 0 amide bonds. The molecule has 0 nitrogen and oxygen atoms in total. The maximum Gasteiger partial charge on any atom is 0.0283 e. The largest absolute Gasteiger partial charge is 0.126 e. The van der Waals surface area contributed by atoms with Crippen LogP contribution in [0.25, 0.3) is 0 Å². The van der Waals surface area contributed by atoms with Crippen LogP contribution >= 0.6 is 27.5 Å². The SMILES string of the molecule is ClCC1(Cc2ccc(Br)cc2)CCC1. The van der Waals surface area contributed by atoms with Crippen molar-refractivity contribution in [2.45, 2.75) is 25.7 Å². The number of halogens is 2. The van der Waals surface area contributed by atoms with E-state index in [0.717, 1.165) is 16.8 Å². The standard InChI is InChI=1S/C12H14BrCl/c13-11-4-2-10(3-5-11)8-12(9-14)6-1-7-12/h2-5H,1,6-9H2. The van der Waals surface area contributed by atoms with Gasteiger partial charge in [0.05, 0.1) is 0 Å². The fraction of sp³-hybridized carbons (Fsp3) is 0.500. The highest BCUT2D eigenvalue weighted by molar-refractivity contribution is 9.10. The Morgan fingerprint density at radius 2 is 1.86 bits per heavy atom. The average Bonchev–Trinajstić information content (AvgIpc) is 2.15. The van der Waals surface area contributed by atoms with Crippen LogP contribution < -0.4 is 0 Å². The Bertz CT molecular complexity index is 295. The van der Waals surface area contributed by atoms with Crippen molar-refractivity contribution >= 4 is 27.5 Å². The molecule has 14 heavy (non-hydrogen) atoms. The third-order valence-electron chi connectivity index (χ3n) is 3.19. The molecule has 2 rings (SSSR count). The van der Waals surface area contributed by atoms with E-state index in [9.17, 15) is 0 Å². The minimum Gasteiger partial charge on any atom is -0.126 e. The van der Waals surface area contributed by atoms with Crippen LogP contribution in [-0.2, 0) is 6.42 Å². The van der Waals surface area contributed by atoms with Gasteiger partial charge in [-0.2, -0.15) is 0 Å². The van der Waals surface area contributed by atoms with Crippen molar-refractivity contribution in [3.63, 3.8) is 0 Å². The summed E-state index contributed by atoms with van der Waals surface area (Å²) in [7, 11) is 0. The molecule has 0 aromatic heterocycles. The number of hydrogen-bond donors (Lipinski definition) is 0. The second-order valence-corrected chi connectivity index (χ2v) is 5.47. The summed E-state index contributed by atoms with van der Waals surface area (Å²) in [6, 6.07) is 8.60. The predicted octanol–water partition coefficient (Wildman–Crippen LogP) is 4.40. The van der Waals surface area contributed by atoms with E-state index in [0.29, 0.717) is 5.41 Å². The van der Waals surface area contributed by atoms with Gasteiger partial charge in [0.25, 0.3) is 0 Å². The van der Waals surface area contributed by atoms with Gasteiger partial charge in [0.15, 0.2) is 0 Å². The van der Waals surface area contributed by atoms with Gasteiger partial charge in [0, 0.05) is 10.4 Å². The Hall–Kier alpha value is -0.0100. The monoisotopic (exact) mass is 272 g/mol. The molecular weight excluding hydrogens is 259 g/mol. The first kappa shape index (κ1) is 10.5. The summed E-state index contributed by atoms with van der Waals surface area (Å²) in [5.41, 5.74) is 1.82. The van der Waals surface area contributed by atoms with Crippen LogP contribution in [0.1, 0.15) is 24.8 Å². The number of rotatable bonds is 3. The Morgan fingerprint density at radius 3 is 2.29 bits per heavy atom. The number of hydrogen-bond acceptors (Lipinski definition) is 0. The van der Waals surface area contributed by atoms with Gasteiger partial charge in [-0.25, -0.2) is 0 Å². The van der Waals surface area contributed by atoms with Gasteiger partial charge in [0.1, 0.15) is 0 Å². The topological polar surface area (TPSA) is 0 Å². The Kier molecular flexibility index (Phi) is 3.18. The minimum atomic E-state index is 0.412. The van der Waals surface area contributed by atoms with E-state index in [4.69, 9.17) is 11.6 Å². The third-order valence-corrected chi connectivity index (χ3v) is 4.29. The molecule has 1 aliphatic carbocycles. The van der Waals surface area contributed by atoms with E-state index in [1.165, 1.54) is 24.8 Å². The summed E-state index contributed by atoms with van der Waals surface area (Å²) < 4.78 is 1.15. The Balaban J connectivity index is 2.06. The minimum absolute atomic E-state index is 0.412. The van der Waals surface area contributed by atoms with E-state index in [2.05, 4.69) is 40.2 Å². The summed E-state index contributed by atoms with van der Waals surface area (Å²) in [6.45, 7) is 0. The molecule has 0 aliphatic heterocycles. The second-order valence-electron chi connectivity index (χ2n) is 4.29. The van der Waals surface area contributed by atoms with Crippen molar-refractivity contribution in [1.29, 1.82) is 0 Å². The van der Waals surface area contributed by atoms with Gasteiger partial charge in [-0.3, -0.25) is 0 Å². The molecule has 2 heteroatoms. The van der Waals surface area contributed by atoms with Crippen LogP contribution in [0.2, 0.25) is 0 Å². The molecule has 1 fully saturated rings. The molecule has 1 saturated carbocycles. The van der Waals surface area contributed by atoms with Crippen molar-refractivity contribution in [3.8, 4) is 0 Å². The molecule has 0 heterocycles. The Morgan fingerprint density at radius 1 is 1.21 bits per heavy atom. The van der Waals surface area contributed by atoms with Gasteiger partial charge < -0.3 is 0 Å². The van der Waals surface area contributed by atoms with Crippen molar-refractivity contribution in [1.82, 2.24) is 0 Å². The van der Waals surface area contributed by atoms with Crippen LogP contribution in [0.3, 0.4) is 0 Å². The first-order chi connectivity index (χ1) is 6.74. The molecule has 0 N–H and O–H groups in total. The van der Waals surface area contributed by atoms with Gasteiger partial charge in [-0.1, -0.05) is 34.5 Å². The van der Waals surface area contributed by atoms with Crippen LogP contribution in [-0.4, -0.2) is 5.88 Å². The molecule has 0 unspecified atom stereocenters. The number of alkyl halides is 1. The lowest BCUT2D eigenvalue weighted by Crippen LogP contribution is -2.33. The molecular formula is C12H14BrCl. The highest BCUT2D eigenvalue weighted by Gasteiger charge is 2.35. The van der Waals surface area contributed by atoms with Crippen molar-refractivity contribution < 1.29 is 0 Å². The zero-order chi connectivity index (χ0) is 10.0. The van der Waals surface area contributed by atoms with Gasteiger partial charge >= 0.3 is 0 Å². The first-order valence-electron chi connectivity index (χ1n) is 5.05. The zero-order valence-corrected chi connectivity index (χ0v) is 10.4. The normalized spacial score (nSPS) is 19.0. The highest BCUT2D eigenvalue weighted by Crippen LogP contribution is 2.44. The molecule has 1 aliphatic rings. The summed E-state index contributed by atoms with van der Waals surface area (Å²) in [6.07, 6.45) is 5.09. The van der Waals surface area contributed by atoms with Crippen LogP contribution in [0.15, 0.2) is 28.7 Å². The molecule has 0 bridgehead atoms. The first-order valence-corrected chi connectivity index (χ1v) is 6.37. The van der Waals surface area contributed by atoms with Crippen LogP contribution in [0, 0.1) is 5.41 Å². The smallest absolute Gasteiger partial charge is 0.0283 e. The third kappa shape index (κ3) is 2.14. The second kappa shape index (κ2) is 4.24. The quantitative estimate of drug-likeness (QED) is 0.716. The summed E-state index contributed by atoms with van der Waals surface area (Å²) >= 11 is 9.48. The van der Waals surface area contributed by atoms with Crippen molar-refractivity contribution in [3.05, 3.63) is 34.3 Å². The lowest BCUT2D eigenvalue weighted by atomic mass is 9.67. The van der Waals surface area contributed by atoms with E-state index < -0.39 is 0 Å². The Labute approximate surface area is 98.8 Å². The molecule has 76 valence electrons. The zero-order valence-electron chi connectivity index (χ0n) is 8.10. The van der Waals surface area contributed by atoms with E-state index in [1.54, 1.807) is 0 Å². The molecule has 0 saturated heterocycles. The highest BCUT2D eigenvalue weighted by atomic mass is 79.9. The van der Waals surface area contributed by atoms with E-state index in [-0.39, 0.29) is 0 Å². The van der Waals surface area contributed by atoms with Gasteiger partial charge in [-0.15, -0.1) is 11.6 Å². The van der Waals surface area contributed by atoms with Crippen molar-refractivity contribution in [2.24, 2.45) is 5.41 Å².